The van der Waals surface area contributed by atoms with Crippen molar-refractivity contribution in [1.82, 2.24) is 14.9 Å². The Kier molecular flexibility index (Phi) is 4.52. The summed E-state index contributed by atoms with van der Waals surface area (Å²) in [5, 5.41) is 2.87. The SMILES string of the molecule is CC(=O)c1ccccc1C(=O)NCc1cccc(-n2ccnc2)c1. The molecule has 0 spiro atoms. The minimum absolute atomic E-state index is 0.122. The number of amides is 1. The number of carbonyl (C=O) groups excluding carboxylic acids is 2. The molecule has 5 nitrogen and oxygen atoms in total. The third-order valence-electron chi connectivity index (χ3n) is 3.72. The number of rotatable bonds is 5. The van der Waals surface area contributed by atoms with Gasteiger partial charge >= 0.3 is 0 Å². The van der Waals surface area contributed by atoms with E-state index in [1.165, 1.54) is 6.92 Å². The molecular formula is C19H17N3O2. The van der Waals surface area contributed by atoms with Gasteiger partial charge in [-0.2, -0.15) is 0 Å². The number of aromatic nitrogens is 2. The lowest BCUT2D eigenvalue weighted by molar-refractivity contribution is 0.0936. The minimum atomic E-state index is -0.256. The fourth-order valence-electron chi connectivity index (χ4n) is 2.50. The van der Waals surface area contributed by atoms with Crippen molar-refractivity contribution < 1.29 is 9.59 Å². The largest absolute Gasteiger partial charge is 0.348 e. The summed E-state index contributed by atoms with van der Waals surface area (Å²) < 4.78 is 1.90. The van der Waals surface area contributed by atoms with Crippen LogP contribution in [0.2, 0.25) is 0 Å². The Balaban J connectivity index is 1.73. The van der Waals surface area contributed by atoms with E-state index in [0.29, 0.717) is 17.7 Å². The molecular weight excluding hydrogens is 302 g/mol. The molecule has 1 amide bonds. The van der Waals surface area contributed by atoms with Gasteiger partial charge in [-0.15, -0.1) is 0 Å². The van der Waals surface area contributed by atoms with Crippen molar-refractivity contribution in [1.29, 1.82) is 0 Å². The lowest BCUT2D eigenvalue weighted by Crippen LogP contribution is -2.24. The summed E-state index contributed by atoms with van der Waals surface area (Å²) in [5.74, 6) is -0.378. The predicted octanol–water partition coefficient (Wildman–Crippen LogP) is 3.00. The summed E-state index contributed by atoms with van der Waals surface area (Å²) in [4.78, 5) is 28.0. The van der Waals surface area contributed by atoms with Crippen LogP contribution in [0.3, 0.4) is 0 Å². The van der Waals surface area contributed by atoms with Crippen LogP contribution in [0.15, 0.2) is 67.3 Å². The number of nitrogens with zero attached hydrogens (tertiary/aromatic N) is 2. The van der Waals surface area contributed by atoms with Crippen LogP contribution in [0.5, 0.6) is 0 Å². The van der Waals surface area contributed by atoms with Gasteiger partial charge in [-0.3, -0.25) is 9.59 Å². The Morgan fingerprint density at radius 2 is 1.88 bits per heavy atom. The number of nitrogens with one attached hydrogen (secondary N) is 1. The van der Waals surface area contributed by atoms with Gasteiger partial charge < -0.3 is 9.88 Å². The topological polar surface area (TPSA) is 64.0 Å². The van der Waals surface area contributed by atoms with E-state index in [2.05, 4.69) is 10.3 Å². The van der Waals surface area contributed by atoms with Crippen molar-refractivity contribution in [3.63, 3.8) is 0 Å². The number of hydrogen-bond donors (Lipinski definition) is 1. The highest BCUT2D eigenvalue weighted by Gasteiger charge is 2.13. The molecule has 1 N–H and O–H groups in total. The van der Waals surface area contributed by atoms with E-state index in [4.69, 9.17) is 0 Å². The average molecular weight is 319 g/mol. The van der Waals surface area contributed by atoms with Gasteiger partial charge in [-0.1, -0.05) is 30.3 Å². The van der Waals surface area contributed by atoms with E-state index in [9.17, 15) is 9.59 Å². The number of ketones is 1. The van der Waals surface area contributed by atoms with Crippen molar-refractivity contribution >= 4 is 11.7 Å². The number of carbonyl (C=O) groups is 2. The molecule has 0 saturated carbocycles. The van der Waals surface area contributed by atoms with Gasteiger partial charge in [-0.05, 0) is 30.7 Å². The summed E-state index contributed by atoms with van der Waals surface area (Å²) in [5.41, 5.74) is 2.77. The Morgan fingerprint density at radius 3 is 2.58 bits per heavy atom. The summed E-state index contributed by atoms with van der Waals surface area (Å²) in [7, 11) is 0. The first-order chi connectivity index (χ1) is 11.6. The third kappa shape index (κ3) is 3.41. The highest BCUT2D eigenvalue weighted by atomic mass is 16.2. The summed E-state index contributed by atoms with van der Waals surface area (Å²) >= 11 is 0. The zero-order chi connectivity index (χ0) is 16.9. The van der Waals surface area contributed by atoms with Crippen LogP contribution in [0.25, 0.3) is 5.69 Å². The first-order valence-electron chi connectivity index (χ1n) is 7.60. The van der Waals surface area contributed by atoms with E-state index in [0.717, 1.165) is 11.3 Å². The molecule has 0 aliphatic rings. The molecule has 5 heteroatoms. The van der Waals surface area contributed by atoms with Crippen LogP contribution >= 0.6 is 0 Å². The molecule has 3 aromatic rings. The number of Topliss-reactive ketones (excluding diaryl/α,β-unsaturated/α-hetero) is 1. The van der Waals surface area contributed by atoms with E-state index in [-0.39, 0.29) is 11.7 Å². The molecule has 0 aliphatic heterocycles. The lowest BCUT2D eigenvalue weighted by Gasteiger charge is -2.10. The molecule has 0 saturated heterocycles. The zero-order valence-corrected chi connectivity index (χ0v) is 13.3. The normalized spacial score (nSPS) is 10.4. The Hall–Kier alpha value is -3.21. The van der Waals surface area contributed by atoms with Gasteiger partial charge in [0.05, 0.1) is 11.9 Å². The maximum atomic E-state index is 12.4. The summed E-state index contributed by atoms with van der Waals surface area (Å²) in [6.07, 6.45) is 5.30. The minimum Gasteiger partial charge on any atom is -0.348 e. The van der Waals surface area contributed by atoms with Gasteiger partial charge in [0.2, 0.25) is 0 Å². The molecule has 0 atom stereocenters. The van der Waals surface area contributed by atoms with Crippen molar-refractivity contribution in [2.24, 2.45) is 0 Å². The van der Waals surface area contributed by atoms with Crippen LogP contribution in [0.1, 0.15) is 33.2 Å². The Morgan fingerprint density at radius 1 is 1.08 bits per heavy atom. The fourth-order valence-corrected chi connectivity index (χ4v) is 2.50. The highest BCUT2D eigenvalue weighted by molar-refractivity contribution is 6.07. The van der Waals surface area contributed by atoms with E-state index in [1.54, 1.807) is 36.8 Å². The molecule has 1 heterocycles. The van der Waals surface area contributed by atoms with Gasteiger partial charge in [-0.25, -0.2) is 4.98 Å². The van der Waals surface area contributed by atoms with Crippen molar-refractivity contribution in [2.45, 2.75) is 13.5 Å². The van der Waals surface area contributed by atoms with Crippen molar-refractivity contribution in [3.05, 3.63) is 83.9 Å². The zero-order valence-electron chi connectivity index (χ0n) is 13.3. The van der Waals surface area contributed by atoms with Crippen LogP contribution in [0, 0.1) is 0 Å². The summed E-state index contributed by atoms with van der Waals surface area (Å²) in [6, 6.07) is 14.7. The Bertz CT molecular complexity index is 870. The van der Waals surface area contributed by atoms with Crippen LogP contribution < -0.4 is 5.32 Å². The third-order valence-corrected chi connectivity index (χ3v) is 3.72. The van der Waals surface area contributed by atoms with E-state index < -0.39 is 0 Å². The van der Waals surface area contributed by atoms with Gasteiger partial charge in [0.15, 0.2) is 5.78 Å². The van der Waals surface area contributed by atoms with Gasteiger partial charge in [0.1, 0.15) is 0 Å². The molecule has 0 aliphatic carbocycles. The molecule has 1 aromatic heterocycles. The second kappa shape index (κ2) is 6.91. The summed E-state index contributed by atoms with van der Waals surface area (Å²) in [6.45, 7) is 1.84. The van der Waals surface area contributed by atoms with Crippen LogP contribution in [0.4, 0.5) is 0 Å². The highest BCUT2D eigenvalue weighted by Crippen LogP contribution is 2.12. The maximum absolute atomic E-state index is 12.4. The Labute approximate surface area is 140 Å². The molecule has 0 bridgehead atoms. The van der Waals surface area contributed by atoms with Crippen LogP contribution in [-0.4, -0.2) is 21.2 Å². The average Bonchev–Trinajstić information content (AvgIpc) is 3.14. The predicted molar refractivity (Wildman–Crippen MR) is 91.2 cm³/mol. The molecule has 0 fully saturated rings. The smallest absolute Gasteiger partial charge is 0.252 e. The number of imidazole rings is 1. The molecule has 0 radical (unpaired) electrons. The second-order valence-electron chi connectivity index (χ2n) is 5.42. The monoisotopic (exact) mass is 319 g/mol. The fraction of sp³-hybridized carbons (Fsp3) is 0.105. The van der Waals surface area contributed by atoms with E-state index >= 15 is 0 Å². The molecule has 3 rings (SSSR count). The lowest BCUT2D eigenvalue weighted by atomic mass is 10.0. The molecule has 0 unspecified atom stereocenters. The van der Waals surface area contributed by atoms with Crippen molar-refractivity contribution in [3.8, 4) is 5.69 Å². The second-order valence-corrected chi connectivity index (χ2v) is 5.42. The first kappa shape index (κ1) is 15.7. The molecule has 2 aromatic carbocycles. The molecule has 120 valence electrons. The van der Waals surface area contributed by atoms with E-state index in [1.807, 2.05) is 35.0 Å². The van der Waals surface area contributed by atoms with Gasteiger partial charge in [0, 0.05) is 30.2 Å². The number of hydrogen-bond acceptors (Lipinski definition) is 3. The maximum Gasteiger partial charge on any atom is 0.252 e. The number of benzene rings is 2. The van der Waals surface area contributed by atoms with Crippen LogP contribution in [-0.2, 0) is 6.54 Å². The van der Waals surface area contributed by atoms with Crippen molar-refractivity contribution in [2.75, 3.05) is 0 Å². The van der Waals surface area contributed by atoms with Gasteiger partial charge in [0.25, 0.3) is 5.91 Å². The quantitative estimate of drug-likeness (QED) is 0.735. The standard InChI is InChI=1S/C19H17N3O2/c1-14(23)17-7-2-3-8-18(17)19(24)21-12-15-5-4-6-16(11-15)22-10-9-20-13-22/h2-11,13H,12H2,1H3,(H,21,24). The first-order valence-corrected chi connectivity index (χ1v) is 7.60. The molecule has 24 heavy (non-hydrogen) atoms.